The van der Waals surface area contributed by atoms with E-state index < -0.39 is 12.1 Å². The first-order chi connectivity index (χ1) is 6.75. The van der Waals surface area contributed by atoms with Crippen LogP contribution in [-0.2, 0) is 14.3 Å². The quantitative estimate of drug-likeness (QED) is 0.720. The molecule has 0 spiro atoms. The van der Waals surface area contributed by atoms with Gasteiger partial charge in [0.05, 0.1) is 12.7 Å². The van der Waals surface area contributed by atoms with Crippen LogP contribution in [0.15, 0.2) is 0 Å². The predicted molar refractivity (Wildman–Crippen MR) is 49.1 cm³/mol. The van der Waals surface area contributed by atoms with E-state index in [-0.39, 0.29) is 6.10 Å². The van der Waals surface area contributed by atoms with E-state index in [1.54, 1.807) is 0 Å². The summed E-state index contributed by atoms with van der Waals surface area (Å²) in [7, 11) is 0. The average Bonchev–Trinajstić information content (AvgIpc) is 2.82. The van der Waals surface area contributed by atoms with Gasteiger partial charge in [-0.2, -0.15) is 0 Å². The van der Waals surface area contributed by atoms with Gasteiger partial charge in [-0.15, -0.1) is 0 Å². The summed E-state index contributed by atoms with van der Waals surface area (Å²) in [4.78, 5) is 10.6. The lowest BCUT2D eigenvalue weighted by Crippen LogP contribution is -2.23. The van der Waals surface area contributed by atoms with Crippen molar-refractivity contribution in [1.82, 2.24) is 0 Å². The second-order valence-corrected chi connectivity index (χ2v) is 4.14. The number of carboxylic acid groups (broad SMARTS) is 1. The van der Waals surface area contributed by atoms with E-state index >= 15 is 0 Å². The van der Waals surface area contributed by atoms with Crippen LogP contribution in [0.5, 0.6) is 0 Å². The predicted octanol–water partition coefficient (Wildman–Crippen LogP) is 1.05. The van der Waals surface area contributed by atoms with Gasteiger partial charge in [0, 0.05) is 6.61 Å². The number of hydrogen-bond acceptors (Lipinski definition) is 3. The fourth-order valence-corrected chi connectivity index (χ4v) is 1.66. The fourth-order valence-electron chi connectivity index (χ4n) is 1.66. The van der Waals surface area contributed by atoms with Gasteiger partial charge in [-0.1, -0.05) is 0 Å². The van der Waals surface area contributed by atoms with Gasteiger partial charge in [-0.25, -0.2) is 4.79 Å². The molecule has 2 unspecified atom stereocenters. The van der Waals surface area contributed by atoms with Gasteiger partial charge in [0.25, 0.3) is 0 Å². The molecular weight excluding hydrogens is 184 g/mol. The number of carbonyl (C=O) groups is 1. The van der Waals surface area contributed by atoms with Gasteiger partial charge >= 0.3 is 5.97 Å². The Bertz CT molecular complexity index is 212. The number of rotatable bonds is 5. The molecule has 0 bridgehead atoms. The molecule has 1 aliphatic heterocycles. The molecule has 1 heterocycles. The van der Waals surface area contributed by atoms with E-state index in [1.807, 2.05) is 0 Å². The summed E-state index contributed by atoms with van der Waals surface area (Å²) in [5, 5.41) is 8.69. The first-order valence-electron chi connectivity index (χ1n) is 5.21. The zero-order chi connectivity index (χ0) is 9.97. The Balaban J connectivity index is 1.60. The van der Waals surface area contributed by atoms with Crippen molar-refractivity contribution in [2.45, 2.75) is 37.9 Å². The Hall–Kier alpha value is -0.610. The number of hydrogen-bond donors (Lipinski definition) is 1. The highest BCUT2D eigenvalue weighted by molar-refractivity contribution is 5.72. The summed E-state index contributed by atoms with van der Waals surface area (Å²) >= 11 is 0. The van der Waals surface area contributed by atoms with Gasteiger partial charge in [-0.3, -0.25) is 0 Å². The van der Waals surface area contributed by atoms with Crippen LogP contribution < -0.4 is 0 Å². The monoisotopic (exact) mass is 200 g/mol. The van der Waals surface area contributed by atoms with Gasteiger partial charge < -0.3 is 14.6 Å². The number of aliphatic carboxylic acids is 1. The summed E-state index contributed by atoms with van der Waals surface area (Å²) in [6.07, 6.45) is 3.38. The summed E-state index contributed by atoms with van der Waals surface area (Å²) in [5.41, 5.74) is 0. The van der Waals surface area contributed by atoms with E-state index in [4.69, 9.17) is 14.6 Å². The minimum atomic E-state index is -0.852. The van der Waals surface area contributed by atoms with Crippen LogP contribution in [0, 0.1) is 5.92 Å². The van der Waals surface area contributed by atoms with E-state index in [2.05, 4.69) is 0 Å². The van der Waals surface area contributed by atoms with E-state index in [1.165, 1.54) is 12.8 Å². The highest BCUT2D eigenvalue weighted by Crippen LogP contribution is 2.29. The van der Waals surface area contributed by atoms with Crippen LogP contribution in [-0.4, -0.2) is 36.5 Å². The maximum absolute atomic E-state index is 10.6. The van der Waals surface area contributed by atoms with Crippen molar-refractivity contribution in [2.24, 2.45) is 5.92 Å². The van der Waals surface area contributed by atoms with Gasteiger partial charge in [-0.05, 0) is 31.6 Å². The molecule has 80 valence electrons. The van der Waals surface area contributed by atoms with Gasteiger partial charge in [0.1, 0.15) is 0 Å². The molecule has 0 aromatic carbocycles. The summed E-state index contributed by atoms with van der Waals surface area (Å²) in [5.74, 6) is -0.0960. The smallest absolute Gasteiger partial charge is 0.332 e. The molecule has 14 heavy (non-hydrogen) atoms. The lowest BCUT2D eigenvalue weighted by molar-refractivity contribution is -0.150. The minimum Gasteiger partial charge on any atom is -0.479 e. The van der Waals surface area contributed by atoms with Crippen LogP contribution >= 0.6 is 0 Å². The Morgan fingerprint density at radius 1 is 1.29 bits per heavy atom. The van der Waals surface area contributed by atoms with E-state index in [0.717, 1.165) is 18.9 Å². The second kappa shape index (κ2) is 4.28. The molecule has 2 atom stereocenters. The van der Waals surface area contributed by atoms with E-state index in [0.29, 0.717) is 13.0 Å². The molecule has 0 aromatic rings. The highest BCUT2D eigenvalue weighted by atomic mass is 16.6. The Labute approximate surface area is 83.2 Å². The molecular formula is C10H16O4. The first kappa shape index (κ1) is 9.93. The molecule has 2 fully saturated rings. The van der Waals surface area contributed by atoms with Crippen molar-refractivity contribution in [3.63, 3.8) is 0 Å². The molecule has 4 nitrogen and oxygen atoms in total. The van der Waals surface area contributed by atoms with Crippen LogP contribution in [0.4, 0.5) is 0 Å². The standard InChI is InChI=1S/C10H16O4/c11-10(12)9-4-3-8(14-9)6-13-5-7-1-2-7/h7-9H,1-6H2,(H,11,12). The maximum Gasteiger partial charge on any atom is 0.332 e. The largest absolute Gasteiger partial charge is 0.479 e. The zero-order valence-corrected chi connectivity index (χ0v) is 8.15. The molecule has 0 radical (unpaired) electrons. The maximum atomic E-state index is 10.6. The summed E-state index contributed by atoms with van der Waals surface area (Å²) < 4.78 is 10.8. The normalized spacial score (nSPS) is 32.0. The molecule has 2 rings (SSSR count). The Morgan fingerprint density at radius 2 is 2.07 bits per heavy atom. The van der Waals surface area contributed by atoms with Crippen molar-refractivity contribution >= 4 is 5.97 Å². The lowest BCUT2D eigenvalue weighted by Gasteiger charge is -2.11. The van der Waals surface area contributed by atoms with Crippen LogP contribution in [0.1, 0.15) is 25.7 Å². The number of ether oxygens (including phenoxy) is 2. The van der Waals surface area contributed by atoms with E-state index in [9.17, 15) is 4.79 Å². The van der Waals surface area contributed by atoms with Crippen molar-refractivity contribution in [3.05, 3.63) is 0 Å². The summed E-state index contributed by atoms with van der Waals surface area (Å²) in [6, 6.07) is 0. The van der Waals surface area contributed by atoms with Crippen LogP contribution in [0.25, 0.3) is 0 Å². The molecule has 1 saturated heterocycles. The lowest BCUT2D eigenvalue weighted by atomic mass is 10.2. The van der Waals surface area contributed by atoms with Crippen molar-refractivity contribution in [2.75, 3.05) is 13.2 Å². The van der Waals surface area contributed by atoms with Gasteiger partial charge in [0.15, 0.2) is 6.10 Å². The Morgan fingerprint density at radius 3 is 2.64 bits per heavy atom. The molecule has 1 aliphatic carbocycles. The Kier molecular flexibility index (Phi) is 3.03. The minimum absolute atomic E-state index is 0.00477. The van der Waals surface area contributed by atoms with Crippen LogP contribution in [0.2, 0.25) is 0 Å². The third-order valence-electron chi connectivity index (χ3n) is 2.74. The third kappa shape index (κ3) is 2.69. The van der Waals surface area contributed by atoms with Gasteiger partial charge in [0.2, 0.25) is 0 Å². The van der Waals surface area contributed by atoms with Crippen molar-refractivity contribution < 1.29 is 19.4 Å². The average molecular weight is 200 g/mol. The first-order valence-corrected chi connectivity index (χ1v) is 5.21. The second-order valence-electron chi connectivity index (χ2n) is 4.14. The zero-order valence-electron chi connectivity index (χ0n) is 8.15. The molecule has 1 saturated carbocycles. The SMILES string of the molecule is O=C(O)C1CCC(COCC2CC2)O1. The fraction of sp³-hybridized carbons (Fsp3) is 0.900. The summed E-state index contributed by atoms with van der Waals surface area (Å²) in [6.45, 7) is 1.37. The number of carboxylic acids is 1. The molecule has 0 amide bonds. The van der Waals surface area contributed by atoms with Crippen LogP contribution in [0.3, 0.4) is 0 Å². The molecule has 2 aliphatic rings. The topological polar surface area (TPSA) is 55.8 Å². The van der Waals surface area contributed by atoms with Crippen molar-refractivity contribution in [3.8, 4) is 0 Å². The molecule has 0 aromatic heterocycles. The molecule has 4 heteroatoms. The third-order valence-corrected chi connectivity index (χ3v) is 2.74. The molecule has 1 N–H and O–H groups in total. The van der Waals surface area contributed by atoms with Crippen molar-refractivity contribution in [1.29, 1.82) is 0 Å². The highest BCUT2D eigenvalue weighted by Gasteiger charge is 2.31.